The van der Waals surface area contributed by atoms with E-state index in [1.807, 2.05) is 0 Å². The molecule has 0 radical (unpaired) electrons. The number of aliphatic imine (C=N–C) groups is 1. The van der Waals surface area contributed by atoms with Crippen LogP contribution in [0.1, 0.15) is 80.1 Å². The molecule has 1 heterocycles. The quantitative estimate of drug-likeness (QED) is 0.00607. The lowest BCUT2D eigenvalue weighted by Crippen LogP contribution is -2.58. The van der Waals surface area contributed by atoms with Crippen LogP contribution in [0.4, 0.5) is 0 Å². The molecular weight excluding hydrogens is 929 g/mol. The topological polar surface area (TPSA) is 451 Å². The number of nitrogens with two attached hydrogens (primary N) is 3. The molecule has 0 aromatic rings. The summed E-state index contributed by atoms with van der Waals surface area (Å²) < 4.78 is 5.26. The summed E-state index contributed by atoms with van der Waals surface area (Å²) in [4.78, 5) is 145. The van der Waals surface area contributed by atoms with E-state index in [-0.39, 0.29) is 69.2 Å². The number of aliphatic carboxylic acids is 1. The lowest BCUT2D eigenvalue weighted by Gasteiger charge is -2.29. The third kappa shape index (κ3) is 20.7. The zero-order chi connectivity index (χ0) is 53.4. The monoisotopic (exact) mass is 999 g/mol. The molecule has 1 saturated heterocycles. The number of hydroxylamine groups is 4. The number of carbonyl (C=O) groups is 11. The van der Waals surface area contributed by atoms with Gasteiger partial charge in [-0.3, -0.25) is 68.1 Å². The van der Waals surface area contributed by atoms with Gasteiger partial charge in [0, 0.05) is 32.8 Å². The molecule has 0 aliphatic carbocycles. The number of carboxylic acids is 1. The summed E-state index contributed by atoms with van der Waals surface area (Å²) in [5.41, 5.74) is 16.2. The van der Waals surface area contributed by atoms with Crippen LogP contribution in [0.15, 0.2) is 16.8 Å². The van der Waals surface area contributed by atoms with Gasteiger partial charge in [0.05, 0.1) is 24.5 Å². The molecule has 29 heteroatoms. The number of hydrogen-bond acceptors (Lipinski definition) is 16. The summed E-state index contributed by atoms with van der Waals surface area (Å²) in [6, 6.07) is -8.80. The fraction of sp³-hybridized carbons (Fsp3) is 0.659. The number of nitrogens with zero attached hydrogens (tertiary/aromatic N) is 3. The number of allylic oxidation sites excluding steroid dienone is 1. The number of nitrogens with one attached hydrogen (secondary N) is 8. The van der Waals surface area contributed by atoms with Crippen molar-refractivity contribution in [2.24, 2.45) is 34.0 Å². The molecule has 1 rings (SSSR count). The Morgan fingerprint density at radius 1 is 0.843 bits per heavy atom. The standard InChI is InChI=1S/C41H70N14O15/c1-8-25(49-29(57)18-46-33(59)23(5)48-38(64)30(20(2)40(66)67)53-32(58)21(3)31(70-7)22(4)42)35(61)51-27(13-10-16-54(68)19-56)36(62)47-24(6)34(60)50-26(12-9-15-45-41(43)44)37(63)52-28-14-11-17-55(69)39(28)65/h8,19-24,26-28,30-31,68-69H,9-18,42H2,1-7H3,(H,46,59)(H,47,62)(H,48,64)(H,49,57)(H,50,60)(H,51,61)(H,52,63)(H,53,58)(H,66,67)(H4,43,44,45)/b25-8+. The molecule has 10 amide bonds. The third-order valence-electron chi connectivity index (χ3n) is 10.8. The van der Waals surface area contributed by atoms with Crippen LogP contribution in [-0.2, 0) is 57.5 Å². The molecule has 0 aromatic heterocycles. The van der Waals surface area contributed by atoms with Crippen LogP contribution in [0.25, 0.3) is 0 Å². The van der Waals surface area contributed by atoms with E-state index >= 15 is 0 Å². The second kappa shape index (κ2) is 30.5. The van der Waals surface area contributed by atoms with Crippen LogP contribution in [0.2, 0.25) is 0 Å². The Hall–Kier alpha value is -6.98. The van der Waals surface area contributed by atoms with E-state index in [9.17, 15) is 68.3 Å². The van der Waals surface area contributed by atoms with Gasteiger partial charge in [0.25, 0.3) is 11.8 Å². The van der Waals surface area contributed by atoms with E-state index in [1.54, 1.807) is 6.92 Å². The van der Waals surface area contributed by atoms with Gasteiger partial charge in [-0.15, -0.1) is 0 Å². The van der Waals surface area contributed by atoms with Gasteiger partial charge < -0.3 is 69.6 Å². The molecule has 70 heavy (non-hydrogen) atoms. The average molecular weight is 999 g/mol. The van der Waals surface area contributed by atoms with Crippen molar-refractivity contribution in [3.05, 3.63) is 11.8 Å². The van der Waals surface area contributed by atoms with Crippen molar-refractivity contribution in [1.82, 2.24) is 52.7 Å². The number of methoxy groups -OCH3 is 1. The highest BCUT2D eigenvalue weighted by atomic mass is 16.5. The number of carbonyl (C=O) groups excluding carboxylic acids is 10. The van der Waals surface area contributed by atoms with Crippen LogP contribution < -0.4 is 59.7 Å². The molecule has 29 nitrogen and oxygen atoms in total. The molecule has 0 bridgehead atoms. The van der Waals surface area contributed by atoms with E-state index in [0.29, 0.717) is 11.5 Å². The van der Waals surface area contributed by atoms with Gasteiger partial charge in [0.1, 0.15) is 41.9 Å². The van der Waals surface area contributed by atoms with Gasteiger partial charge in [-0.05, 0) is 73.1 Å². The van der Waals surface area contributed by atoms with Gasteiger partial charge in [0.2, 0.25) is 47.8 Å². The van der Waals surface area contributed by atoms with E-state index in [0.717, 1.165) is 6.08 Å². The smallest absolute Gasteiger partial charge is 0.308 e. The number of hydrogen-bond donors (Lipinski definition) is 14. The van der Waals surface area contributed by atoms with Crippen molar-refractivity contribution in [1.29, 1.82) is 0 Å². The second-order valence-electron chi connectivity index (χ2n) is 16.5. The molecule has 1 fully saturated rings. The third-order valence-corrected chi connectivity index (χ3v) is 10.8. The van der Waals surface area contributed by atoms with Crippen molar-refractivity contribution in [2.75, 3.05) is 33.3 Å². The Morgan fingerprint density at radius 2 is 1.44 bits per heavy atom. The van der Waals surface area contributed by atoms with Gasteiger partial charge >= 0.3 is 5.97 Å². The molecule has 10 unspecified atom stereocenters. The second-order valence-corrected chi connectivity index (χ2v) is 16.5. The van der Waals surface area contributed by atoms with E-state index in [1.165, 1.54) is 41.7 Å². The molecule has 0 spiro atoms. The Bertz CT molecular complexity index is 1930. The molecule has 17 N–H and O–H groups in total. The Morgan fingerprint density at radius 3 is 2.01 bits per heavy atom. The van der Waals surface area contributed by atoms with Crippen LogP contribution in [0.3, 0.4) is 0 Å². The van der Waals surface area contributed by atoms with E-state index in [4.69, 9.17) is 21.9 Å². The molecule has 0 aromatic carbocycles. The first-order valence-corrected chi connectivity index (χ1v) is 22.3. The molecule has 1 aliphatic rings. The normalized spacial score (nSPS) is 17.5. The number of ether oxygens (including phenoxy) is 1. The summed E-state index contributed by atoms with van der Waals surface area (Å²) in [5, 5.41) is 48.9. The van der Waals surface area contributed by atoms with Crippen LogP contribution in [0.5, 0.6) is 0 Å². The van der Waals surface area contributed by atoms with Crippen LogP contribution >= 0.6 is 0 Å². The Balaban J connectivity index is 3.06. The molecular formula is C41H70N14O15. The molecule has 394 valence electrons. The van der Waals surface area contributed by atoms with Crippen molar-refractivity contribution in [2.45, 2.75) is 128 Å². The maximum Gasteiger partial charge on any atom is 0.308 e. The minimum absolute atomic E-state index is 0.0240. The lowest BCUT2D eigenvalue weighted by atomic mass is 9.95. The number of guanidine groups is 1. The van der Waals surface area contributed by atoms with E-state index < -0.39 is 132 Å². The summed E-state index contributed by atoms with van der Waals surface area (Å²) in [6.07, 6.45) is 0.961. The minimum atomic E-state index is -1.65. The first kappa shape index (κ1) is 61.0. The highest BCUT2D eigenvalue weighted by molar-refractivity contribution is 6.01. The maximum absolute atomic E-state index is 13.6. The molecule has 0 saturated carbocycles. The first-order valence-electron chi connectivity index (χ1n) is 22.3. The summed E-state index contributed by atoms with van der Waals surface area (Å²) in [5.74, 6) is -12.0. The van der Waals surface area contributed by atoms with E-state index in [2.05, 4.69) is 47.5 Å². The van der Waals surface area contributed by atoms with Crippen LogP contribution in [-0.4, -0.2) is 179 Å². The Kier molecular flexibility index (Phi) is 26.6. The highest BCUT2D eigenvalue weighted by Gasteiger charge is 2.37. The molecule has 1 aliphatic heterocycles. The zero-order valence-corrected chi connectivity index (χ0v) is 40.3. The van der Waals surface area contributed by atoms with Crippen molar-refractivity contribution in [3.8, 4) is 0 Å². The van der Waals surface area contributed by atoms with Crippen molar-refractivity contribution < 1.29 is 73.0 Å². The molecule has 10 atom stereocenters. The van der Waals surface area contributed by atoms with Crippen molar-refractivity contribution >= 4 is 71.5 Å². The first-order chi connectivity index (χ1) is 32.8. The SMILES string of the molecule is C/C=C(/NC(=O)CNC(=O)C(C)NC(=O)C(NC(=O)C(C)C(OC)C(C)N)C(C)C(=O)O)C(=O)NC(CCCN(O)C=O)C(=O)NC(C)C(=O)NC(CCCN=C(N)N)C(=O)NC1CCCN(O)C1=O. The van der Waals surface area contributed by atoms with Crippen LogP contribution in [0, 0.1) is 11.8 Å². The highest BCUT2D eigenvalue weighted by Crippen LogP contribution is 2.14. The van der Waals surface area contributed by atoms with Gasteiger partial charge in [0.15, 0.2) is 5.96 Å². The zero-order valence-electron chi connectivity index (χ0n) is 40.3. The fourth-order valence-electron chi connectivity index (χ4n) is 6.74. The minimum Gasteiger partial charge on any atom is -0.481 e. The predicted molar refractivity (Wildman–Crippen MR) is 245 cm³/mol. The number of rotatable bonds is 30. The number of amides is 10. The summed E-state index contributed by atoms with van der Waals surface area (Å²) in [7, 11) is 1.33. The average Bonchev–Trinajstić information content (AvgIpc) is 3.30. The summed E-state index contributed by atoms with van der Waals surface area (Å²) >= 11 is 0. The summed E-state index contributed by atoms with van der Waals surface area (Å²) in [6.45, 7) is 7.19. The fourth-order valence-corrected chi connectivity index (χ4v) is 6.74. The largest absolute Gasteiger partial charge is 0.481 e. The lowest BCUT2D eigenvalue weighted by molar-refractivity contribution is -0.173. The predicted octanol–water partition coefficient (Wildman–Crippen LogP) is -5.52. The number of carboxylic acid groups (broad SMARTS) is 1. The Labute approximate surface area is 404 Å². The number of piperidine rings is 1. The maximum atomic E-state index is 13.6. The van der Waals surface area contributed by atoms with Gasteiger partial charge in [-0.2, -0.15) is 0 Å². The van der Waals surface area contributed by atoms with Gasteiger partial charge in [-0.25, -0.2) is 10.1 Å². The van der Waals surface area contributed by atoms with Crippen molar-refractivity contribution in [3.63, 3.8) is 0 Å². The van der Waals surface area contributed by atoms with Gasteiger partial charge in [-0.1, -0.05) is 13.0 Å².